The van der Waals surface area contributed by atoms with Gasteiger partial charge < -0.3 is 10.1 Å². The highest BCUT2D eigenvalue weighted by molar-refractivity contribution is 5.77. The van der Waals surface area contributed by atoms with Crippen LogP contribution in [-0.2, 0) is 9.53 Å². The molecule has 0 heterocycles. The Morgan fingerprint density at radius 2 is 1.85 bits per heavy atom. The normalized spacial score (nSPS) is 48.0. The first kappa shape index (κ1) is 19.6. The van der Waals surface area contributed by atoms with Crippen molar-refractivity contribution in [3.8, 4) is 0 Å². The van der Waals surface area contributed by atoms with E-state index in [1.165, 1.54) is 6.42 Å². The maximum Gasteiger partial charge on any atom is 0.312 e. The quantitative estimate of drug-likeness (QED) is 0.393. The highest BCUT2D eigenvalue weighted by Crippen LogP contribution is 2.69. The van der Waals surface area contributed by atoms with Gasteiger partial charge in [-0.3, -0.25) is 4.79 Å². The van der Waals surface area contributed by atoms with Crippen LogP contribution in [0.5, 0.6) is 0 Å². The first-order chi connectivity index (χ1) is 12.2. The van der Waals surface area contributed by atoms with Gasteiger partial charge in [0.25, 0.3) is 0 Å². The van der Waals surface area contributed by atoms with Gasteiger partial charge in [-0.1, -0.05) is 26.3 Å². The molecule has 3 rings (SSSR count). The fraction of sp³-hybridized carbons (Fsp3) is 0.826. The van der Waals surface area contributed by atoms with E-state index < -0.39 is 0 Å². The number of ether oxygens (including phenoxy) is 1. The van der Waals surface area contributed by atoms with Gasteiger partial charge in [0.2, 0.25) is 0 Å². The predicted octanol–water partition coefficient (Wildman–Crippen LogP) is 5.78. The predicted molar refractivity (Wildman–Crippen MR) is 106 cm³/mol. The third-order valence-corrected chi connectivity index (χ3v) is 8.60. The Morgan fingerprint density at radius 3 is 2.46 bits per heavy atom. The van der Waals surface area contributed by atoms with E-state index in [0.29, 0.717) is 18.4 Å². The number of hydrogen-bond donors (Lipinski definition) is 1. The Bertz CT molecular complexity index is 601. The Balaban J connectivity index is 1.98. The Kier molecular flexibility index (Phi) is 4.90. The smallest absolute Gasteiger partial charge is 0.312 e. The van der Waals surface area contributed by atoms with Gasteiger partial charge in [-0.05, 0) is 81.5 Å². The Labute approximate surface area is 159 Å². The number of nitrogens with one attached hydrogen (secondary N) is 1. The number of rotatable bonds is 4. The van der Waals surface area contributed by atoms with E-state index in [0.717, 1.165) is 44.9 Å². The topological polar surface area (TPSA) is 50.2 Å². The summed E-state index contributed by atoms with van der Waals surface area (Å²) in [6.45, 7) is 13.5. The molecule has 146 valence electrons. The average Bonchev–Trinajstić information content (AvgIpc) is 2.61. The maximum absolute atomic E-state index is 12.9. The molecule has 0 unspecified atom stereocenters. The number of carbonyl (C=O) groups excluding carboxylic acids is 1. The van der Waals surface area contributed by atoms with Crippen molar-refractivity contribution < 1.29 is 9.53 Å². The van der Waals surface area contributed by atoms with E-state index in [9.17, 15) is 4.79 Å². The summed E-state index contributed by atoms with van der Waals surface area (Å²) in [6, 6.07) is 0. The zero-order chi connectivity index (χ0) is 19.2. The molecule has 0 aliphatic heterocycles. The molecule has 3 saturated carbocycles. The van der Waals surface area contributed by atoms with Crippen LogP contribution in [0, 0.1) is 38.9 Å². The summed E-state index contributed by atoms with van der Waals surface area (Å²) in [5, 5.41) is 7.94. The van der Waals surface area contributed by atoms with Gasteiger partial charge in [0.05, 0.1) is 12.0 Å². The van der Waals surface area contributed by atoms with E-state index in [1.54, 1.807) is 6.21 Å². The summed E-state index contributed by atoms with van der Waals surface area (Å²) in [5.74, 6) is 0.973. The van der Waals surface area contributed by atoms with Crippen molar-refractivity contribution in [2.24, 2.45) is 33.5 Å². The van der Waals surface area contributed by atoms with E-state index in [1.807, 2.05) is 6.92 Å². The van der Waals surface area contributed by atoms with Crippen LogP contribution in [0.15, 0.2) is 12.7 Å². The molecule has 3 nitrogen and oxygen atoms in total. The van der Waals surface area contributed by atoms with Crippen molar-refractivity contribution in [1.29, 1.82) is 5.41 Å². The summed E-state index contributed by atoms with van der Waals surface area (Å²) in [4.78, 5) is 12.9. The second-order valence-electron chi connectivity index (χ2n) is 10.1. The van der Waals surface area contributed by atoms with E-state index in [4.69, 9.17) is 10.1 Å². The molecule has 0 aromatic carbocycles. The minimum Gasteiger partial charge on any atom is -0.466 e. The summed E-state index contributed by atoms with van der Waals surface area (Å²) in [5.41, 5.74) is -0.0795. The fourth-order valence-electron chi connectivity index (χ4n) is 7.35. The molecule has 0 amide bonds. The SMILES string of the molecule is C=C[C@]12CC[C@H]3[C@@](C)(CCC[C@@]3(C)C(=O)OCC)[C@@H]1CC[C@](C)(C=N)C2. The van der Waals surface area contributed by atoms with Gasteiger partial charge in [-0.25, -0.2) is 0 Å². The molecule has 0 spiro atoms. The van der Waals surface area contributed by atoms with Crippen molar-refractivity contribution in [1.82, 2.24) is 0 Å². The summed E-state index contributed by atoms with van der Waals surface area (Å²) >= 11 is 0. The molecule has 3 fully saturated rings. The van der Waals surface area contributed by atoms with Crippen LogP contribution in [-0.4, -0.2) is 18.8 Å². The summed E-state index contributed by atoms with van der Waals surface area (Å²) in [6.07, 6.45) is 12.6. The lowest BCUT2D eigenvalue weighted by molar-refractivity contribution is -0.185. The number of esters is 1. The molecule has 0 saturated heterocycles. The van der Waals surface area contributed by atoms with Crippen LogP contribution in [0.2, 0.25) is 0 Å². The molecule has 0 radical (unpaired) electrons. The standard InChI is InChI=1S/C23H37NO2/c1-6-23-14-10-17-21(4,18(23)9-13-20(3,15-23)16-24)11-8-12-22(17,5)19(25)26-7-2/h6,16-18,24H,1,7-15H2,2-5H3/t17-,18-,20-,21+,22+,23+/m0/s1. The zero-order valence-corrected chi connectivity index (χ0v) is 17.2. The van der Waals surface area contributed by atoms with E-state index in [2.05, 4.69) is 33.4 Å². The summed E-state index contributed by atoms with van der Waals surface area (Å²) in [7, 11) is 0. The van der Waals surface area contributed by atoms with Gasteiger partial charge >= 0.3 is 5.97 Å². The second-order valence-corrected chi connectivity index (χ2v) is 10.1. The van der Waals surface area contributed by atoms with Crippen molar-refractivity contribution in [2.75, 3.05) is 6.61 Å². The monoisotopic (exact) mass is 359 g/mol. The number of fused-ring (bicyclic) bond motifs is 3. The van der Waals surface area contributed by atoms with Crippen LogP contribution < -0.4 is 0 Å². The maximum atomic E-state index is 12.9. The van der Waals surface area contributed by atoms with Crippen molar-refractivity contribution >= 4 is 12.2 Å². The Hall–Kier alpha value is -1.12. The molecule has 0 aromatic heterocycles. The van der Waals surface area contributed by atoms with Crippen molar-refractivity contribution in [2.45, 2.75) is 79.1 Å². The van der Waals surface area contributed by atoms with Crippen LogP contribution in [0.4, 0.5) is 0 Å². The van der Waals surface area contributed by atoms with Gasteiger partial charge in [-0.2, -0.15) is 0 Å². The van der Waals surface area contributed by atoms with Gasteiger partial charge in [0.15, 0.2) is 0 Å². The molecule has 6 atom stereocenters. The van der Waals surface area contributed by atoms with Crippen LogP contribution in [0.1, 0.15) is 79.1 Å². The third-order valence-electron chi connectivity index (χ3n) is 8.60. The fourth-order valence-corrected chi connectivity index (χ4v) is 7.35. The molecular formula is C23H37NO2. The van der Waals surface area contributed by atoms with E-state index in [-0.39, 0.29) is 27.6 Å². The molecule has 3 aliphatic carbocycles. The number of carbonyl (C=O) groups is 1. The Morgan fingerprint density at radius 1 is 1.15 bits per heavy atom. The lowest BCUT2D eigenvalue weighted by Gasteiger charge is -2.65. The minimum absolute atomic E-state index is 0.00695. The first-order valence-corrected chi connectivity index (χ1v) is 10.5. The van der Waals surface area contributed by atoms with Gasteiger partial charge in [-0.15, -0.1) is 6.58 Å². The molecule has 3 heteroatoms. The van der Waals surface area contributed by atoms with Gasteiger partial charge in [0.1, 0.15) is 0 Å². The number of hydrogen-bond acceptors (Lipinski definition) is 3. The third kappa shape index (κ3) is 2.68. The van der Waals surface area contributed by atoms with Crippen molar-refractivity contribution in [3.63, 3.8) is 0 Å². The van der Waals surface area contributed by atoms with E-state index >= 15 is 0 Å². The molecule has 1 N–H and O–H groups in total. The van der Waals surface area contributed by atoms with Crippen LogP contribution >= 0.6 is 0 Å². The lowest BCUT2D eigenvalue weighted by Crippen LogP contribution is -2.60. The van der Waals surface area contributed by atoms with Crippen molar-refractivity contribution in [3.05, 3.63) is 12.7 Å². The number of allylic oxidation sites excluding steroid dienone is 1. The average molecular weight is 360 g/mol. The van der Waals surface area contributed by atoms with Crippen LogP contribution in [0.25, 0.3) is 0 Å². The molecular weight excluding hydrogens is 322 g/mol. The van der Waals surface area contributed by atoms with Gasteiger partial charge in [0, 0.05) is 11.6 Å². The lowest BCUT2D eigenvalue weighted by atomic mass is 9.39. The molecule has 3 aliphatic rings. The zero-order valence-electron chi connectivity index (χ0n) is 17.2. The first-order valence-electron chi connectivity index (χ1n) is 10.5. The molecule has 0 bridgehead atoms. The van der Waals surface area contributed by atoms with Crippen LogP contribution in [0.3, 0.4) is 0 Å². The minimum atomic E-state index is -0.349. The summed E-state index contributed by atoms with van der Waals surface area (Å²) < 4.78 is 5.53. The highest BCUT2D eigenvalue weighted by atomic mass is 16.5. The highest BCUT2D eigenvalue weighted by Gasteiger charge is 2.63. The largest absolute Gasteiger partial charge is 0.466 e. The molecule has 0 aromatic rings. The second kappa shape index (κ2) is 6.49. The molecule has 26 heavy (non-hydrogen) atoms.